The highest BCUT2D eigenvalue weighted by atomic mass is 17.0. The summed E-state index contributed by atoms with van der Waals surface area (Å²) in [6, 6.07) is 0. The van der Waals surface area contributed by atoms with E-state index in [-0.39, 0.29) is 29.0 Å². The molecule has 2 saturated carbocycles. The maximum absolute atomic E-state index is 11.2. The number of ether oxygens (including phenoxy) is 3. The topological polar surface area (TPSA) is 71.6 Å². The van der Waals surface area contributed by atoms with Crippen molar-refractivity contribution in [1.29, 1.82) is 0 Å². The summed E-state index contributed by atoms with van der Waals surface area (Å²) in [7, 11) is 0. The van der Waals surface area contributed by atoms with Crippen molar-refractivity contribution in [2.24, 2.45) is 17.3 Å². The second-order valence-corrected chi connectivity index (χ2v) is 8.35. The molecule has 0 aromatic carbocycles. The second kappa shape index (κ2) is 4.60. The summed E-state index contributed by atoms with van der Waals surface area (Å²) in [5.74, 6) is 0.0489. The molecule has 2 atom stereocenters. The van der Waals surface area contributed by atoms with Gasteiger partial charge in [-0.1, -0.05) is 46.0 Å². The third kappa shape index (κ3) is 2.24. The lowest BCUT2D eigenvalue weighted by molar-refractivity contribution is -0.0971. The van der Waals surface area contributed by atoms with E-state index in [1.54, 1.807) is 0 Å². The van der Waals surface area contributed by atoms with Crippen molar-refractivity contribution in [3.8, 4) is 0 Å². The van der Waals surface area contributed by atoms with E-state index in [0.717, 1.165) is 19.3 Å². The molecule has 1 N–H and O–H groups in total. The van der Waals surface area contributed by atoms with E-state index in [1.165, 1.54) is 32.1 Å². The third-order valence-electron chi connectivity index (χ3n) is 6.33. The number of epoxide rings is 2. The van der Waals surface area contributed by atoms with Crippen molar-refractivity contribution in [3.05, 3.63) is 0 Å². The highest BCUT2D eigenvalue weighted by Crippen LogP contribution is 2.78. The summed E-state index contributed by atoms with van der Waals surface area (Å²) in [5, 5.41) is 9.18. The molecule has 0 aromatic heterocycles. The average molecular weight is 310 g/mol. The summed E-state index contributed by atoms with van der Waals surface area (Å²) < 4.78 is 16.8. The molecule has 2 aliphatic carbocycles. The number of carboxylic acid groups (broad SMARTS) is 1. The van der Waals surface area contributed by atoms with Crippen LogP contribution in [0.1, 0.15) is 65.2 Å². The molecule has 0 amide bonds. The van der Waals surface area contributed by atoms with Crippen LogP contribution in [0.15, 0.2) is 0 Å². The molecule has 2 saturated heterocycles. The van der Waals surface area contributed by atoms with Gasteiger partial charge in [-0.05, 0) is 17.8 Å². The van der Waals surface area contributed by atoms with Crippen molar-refractivity contribution in [3.63, 3.8) is 0 Å². The van der Waals surface area contributed by atoms with Gasteiger partial charge in [-0.25, -0.2) is 4.79 Å². The monoisotopic (exact) mass is 310 g/mol. The highest BCUT2D eigenvalue weighted by Gasteiger charge is 2.93. The van der Waals surface area contributed by atoms with Crippen molar-refractivity contribution in [1.82, 2.24) is 0 Å². The van der Waals surface area contributed by atoms with E-state index in [9.17, 15) is 9.90 Å². The average Bonchev–Trinajstić information content (AvgIpc) is 3.22. The minimum absolute atomic E-state index is 0.0225. The van der Waals surface area contributed by atoms with Crippen molar-refractivity contribution < 1.29 is 24.1 Å². The summed E-state index contributed by atoms with van der Waals surface area (Å²) in [4.78, 5) is 11.2. The zero-order valence-electron chi connectivity index (χ0n) is 13.5. The van der Waals surface area contributed by atoms with Gasteiger partial charge in [0, 0.05) is 18.8 Å². The first-order valence-corrected chi connectivity index (χ1v) is 8.66. The van der Waals surface area contributed by atoms with Gasteiger partial charge in [-0.2, -0.15) is 0 Å². The van der Waals surface area contributed by atoms with Crippen LogP contribution in [0.3, 0.4) is 0 Å². The minimum Gasteiger partial charge on any atom is -0.450 e. The zero-order chi connectivity index (χ0) is 15.6. The van der Waals surface area contributed by atoms with Gasteiger partial charge in [0.25, 0.3) is 0 Å². The Kier molecular flexibility index (Phi) is 3.09. The van der Waals surface area contributed by atoms with Gasteiger partial charge in [0.15, 0.2) is 0 Å². The maximum Gasteiger partial charge on any atom is 0.506 e. The Labute approximate surface area is 131 Å². The number of hydrogen-bond acceptors (Lipinski definition) is 4. The molecule has 0 aromatic rings. The predicted molar refractivity (Wildman–Crippen MR) is 78.2 cm³/mol. The van der Waals surface area contributed by atoms with Crippen molar-refractivity contribution in [2.75, 3.05) is 0 Å². The Hall–Kier alpha value is -0.810. The normalized spacial score (nSPS) is 43.6. The van der Waals surface area contributed by atoms with Crippen LogP contribution in [-0.4, -0.2) is 28.9 Å². The van der Waals surface area contributed by atoms with Crippen molar-refractivity contribution in [2.45, 2.75) is 82.9 Å². The van der Waals surface area contributed by atoms with E-state index in [4.69, 9.17) is 14.2 Å². The molecule has 4 rings (SSSR count). The molecule has 22 heavy (non-hydrogen) atoms. The Balaban J connectivity index is 1.50. The van der Waals surface area contributed by atoms with Gasteiger partial charge in [0.05, 0.1) is 0 Å². The smallest absolute Gasteiger partial charge is 0.450 e. The standard InChI is InChI=1S/C17H26O5/c1-15(2)10-17-16(21-17,22-17)9-12(15)13(20-14(18)19)8-11-6-4-3-5-7-11/h11-13H,3-10H2,1-2H3,(H,18,19). The molecule has 124 valence electrons. The molecule has 2 heterocycles. The minimum atomic E-state index is -1.15. The Morgan fingerprint density at radius 2 is 1.91 bits per heavy atom. The lowest BCUT2D eigenvalue weighted by Gasteiger charge is -2.40. The van der Waals surface area contributed by atoms with Crippen LogP contribution in [0.25, 0.3) is 0 Å². The summed E-state index contributed by atoms with van der Waals surface area (Å²) in [5.41, 5.74) is -0.0225. The molecule has 5 nitrogen and oxygen atoms in total. The molecular weight excluding hydrogens is 284 g/mol. The Morgan fingerprint density at radius 1 is 1.23 bits per heavy atom. The van der Waals surface area contributed by atoms with Gasteiger partial charge in [0.1, 0.15) is 6.10 Å². The van der Waals surface area contributed by atoms with Gasteiger partial charge >= 0.3 is 6.16 Å². The van der Waals surface area contributed by atoms with E-state index in [1.807, 2.05) is 0 Å². The van der Waals surface area contributed by atoms with E-state index >= 15 is 0 Å². The molecule has 4 aliphatic rings. The lowest BCUT2D eigenvalue weighted by Crippen LogP contribution is -2.42. The van der Waals surface area contributed by atoms with Gasteiger partial charge in [-0.15, -0.1) is 0 Å². The first-order valence-electron chi connectivity index (χ1n) is 8.66. The van der Waals surface area contributed by atoms with Crippen LogP contribution in [0, 0.1) is 17.3 Å². The third-order valence-corrected chi connectivity index (χ3v) is 6.33. The number of carbonyl (C=O) groups is 1. The van der Waals surface area contributed by atoms with E-state index in [0.29, 0.717) is 5.92 Å². The molecule has 0 radical (unpaired) electrons. The Bertz CT molecular complexity index is 473. The molecule has 5 heteroatoms. The van der Waals surface area contributed by atoms with E-state index < -0.39 is 6.16 Å². The lowest BCUT2D eigenvalue weighted by atomic mass is 9.65. The largest absolute Gasteiger partial charge is 0.506 e. The fourth-order valence-corrected chi connectivity index (χ4v) is 5.04. The second-order valence-electron chi connectivity index (χ2n) is 8.35. The predicted octanol–water partition coefficient (Wildman–Crippen LogP) is 3.91. The molecule has 2 aliphatic heterocycles. The molecule has 2 unspecified atom stereocenters. The molecule has 0 bridgehead atoms. The number of rotatable bonds is 4. The van der Waals surface area contributed by atoms with Crippen LogP contribution in [0.4, 0.5) is 4.79 Å². The summed E-state index contributed by atoms with van der Waals surface area (Å²) in [6.45, 7) is 4.39. The van der Waals surface area contributed by atoms with Gasteiger partial charge < -0.3 is 19.3 Å². The fraction of sp³-hybridized carbons (Fsp3) is 0.941. The first kappa shape index (κ1) is 14.8. The zero-order valence-corrected chi connectivity index (χ0v) is 13.5. The summed E-state index contributed by atoms with van der Waals surface area (Å²) >= 11 is 0. The van der Waals surface area contributed by atoms with Crippen LogP contribution in [0.2, 0.25) is 0 Å². The highest BCUT2D eigenvalue weighted by molar-refractivity contribution is 5.57. The summed E-state index contributed by atoms with van der Waals surface area (Å²) in [6.07, 6.45) is 7.31. The Morgan fingerprint density at radius 3 is 2.55 bits per heavy atom. The molecular formula is C17H26O5. The molecule has 0 spiro atoms. The maximum atomic E-state index is 11.2. The van der Waals surface area contributed by atoms with Crippen LogP contribution < -0.4 is 0 Å². The van der Waals surface area contributed by atoms with Crippen LogP contribution in [-0.2, 0) is 14.2 Å². The van der Waals surface area contributed by atoms with Crippen LogP contribution in [0.5, 0.6) is 0 Å². The number of hydrogen-bond donors (Lipinski definition) is 1. The quantitative estimate of drug-likeness (QED) is 0.629. The SMILES string of the molecule is CC1(C)CC23OC2(CC1C(CC1CCCCC1)OC(=O)O)O3. The van der Waals surface area contributed by atoms with Gasteiger partial charge in [0.2, 0.25) is 11.6 Å². The van der Waals surface area contributed by atoms with E-state index in [2.05, 4.69) is 13.8 Å². The van der Waals surface area contributed by atoms with Crippen LogP contribution >= 0.6 is 0 Å². The molecule has 4 fully saturated rings. The van der Waals surface area contributed by atoms with Gasteiger partial charge in [-0.3, -0.25) is 0 Å². The van der Waals surface area contributed by atoms with Crippen molar-refractivity contribution >= 4 is 6.16 Å². The fourth-order valence-electron chi connectivity index (χ4n) is 5.04. The first-order chi connectivity index (χ1) is 10.4.